The van der Waals surface area contributed by atoms with Crippen molar-refractivity contribution in [2.24, 2.45) is 0 Å². The summed E-state index contributed by atoms with van der Waals surface area (Å²) < 4.78 is 15.3. The van der Waals surface area contributed by atoms with Crippen LogP contribution in [-0.4, -0.2) is 14.5 Å². The minimum Gasteiger partial charge on any atom is -0.299 e. The largest absolute Gasteiger partial charge is 0.299 e. The van der Waals surface area contributed by atoms with Gasteiger partial charge in [0.25, 0.3) is 0 Å². The van der Waals surface area contributed by atoms with Gasteiger partial charge in [0.1, 0.15) is 0 Å². The molecule has 4 nitrogen and oxygen atoms in total. The number of benzene rings is 1. The van der Waals surface area contributed by atoms with Crippen LogP contribution in [0.5, 0.6) is 0 Å². The molecule has 0 bridgehead atoms. The number of nitrogens with zero attached hydrogens (tertiary/aromatic N) is 4. The summed E-state index contributed by atoms with van der Waals surface area (Å²) in [6.45, 7) is 0. The number of fused-ring (bicyclic) bond motifs is 1. The molecule has 0 aliphatic rings. The molecule has 0 aliphatic carbocycles. The monoisotopic (exact) mass is 272 g/mol. The van der Waals surface area contributed by atoms with E-state index in [1.165, 1.54) is 0 Å². The van der Waals surface area contributed by atoms with Crippen LogP contribution in [0.3, 0.4) is 0 Å². The van der Waals surface area contributed by atoms with Crippen LogP contribution >= 0.6 is 11.6 Å². The maximum Gasteiger partial charge on any atom is 0.224 e. The Morgan fingerprint density at radius 1 is 1.32 bits per heavy atom. The predicted octanol–water partition coefficient (Wildman–Crippen LogP) is 3.08. The topological polar surface area (TPSA) is 54.5 Å². The van der Waals surface area contributed by atoms with Gasteiger partial charge in [-0.3, -0.25) is 4.57 Å². The normalized spacial score (nSPS) is 10.6. The first kappa shape index (κ1) is 11.6. The third-order valence-corrected chi connectivity index (χ3v) is 2.96. The zero-order valence-electron chi connectivity index (χ0n) is 9.51. The molecule has 0 radical (unpaired) electrons. The van der Waals surface area contributed by atoms with Gasteiger partial charge in [0, 0.05) is 11.6 Å². The summed E-state index contributed by atoms with van der Waals surface area (Å²) in [6.07, 6.45) is 2.66. The first-order valence-corrected chi connectivity index (χ1v) is 5.77. The fourth-order valence-electron chi connectivity index (χ4n) is 1.96. The number of halogens is 2. The quantitative estimate of drug-likeness (QED) is 0.640. The number of hydrogen-bond acceptors (Lipinski definition) is 3. The molecule has 0 amide bonds. The van der Waals surface area contributed by atoms with Gasteiger partial charge >= 0.3 is 0 Å². The van der Waals surface area contributed by atoms with Gasteiger partial charge in [-0.05, 0) is 29.8 Å². The van der Waals surface area contributed by atoms with E-state index in [9.17, 15) is 4.39 Å². The van der Waals surface area contributed by atoms with Crippen molar-refractivity contribution in [3.8, 4) is 11.9 Å². The highest BCUT2D eigenvalue weighted by atomic mass is 35.5. The van der Waals surface area contributed by atoms with Gasteiger partial charge in [0.05, 0.1) is 23.3 Å². The van der Waals surface area contributed by atoms with Crippen molar-refractivity contribution < 1.29 is 4.39 Å². The zero-order valence-corrected chi connectivity index (χ0v) is 10.3. The van der Waals surface area contributed by atoms with Crippen molar-refractivity contribution in [3.63, 3.8) is 0 Å². The second-order valence-corrected chi connectivity index (χ2v) is 4.18. The van der Waals surface area contributed by atoms with Gasteiger partial charge in [0.15, 0.2) is 11.6 Å². The van der Waals surface area contributed by atoms with Gasteiger partial charge in [-0.2, -0.15) is 10.2 Å². The van der Waals surface area contributed by atoms with E-state index < -0.39 is 5.82 Å². The average molecular weight is 273 g/mol. The zero-order chi connectivity index (χ0) is 13.4. The molecule has 2 aromatic heterocycles. The minimum atomic E-state index is -0.579. The fourth-order valence-corrected chi connectivity index (χ4v) is 2.08. The van der Waals surface area contributed by atoms with Crippen LogP contribution in [0.1, 0.15) is 5.56 Å². The van der Waals surface area contributed by atoms with Gasteiger partial charge < -0.3 is 0 Å². The van der Waals surface area contributed by atoms with Gasteiger partial charge in [-0.1, -0.05) is 6.07 Å². The number of nitriles is 1. The minimum absolute atomic E-state index is 0.0327. The molecular formula is C13H6ClFN4. The molecule has 0 atom stereocenters. The summed E-state index contributed by atoms with van der Waals surface area (Å²) in [5, 5.41) is 9.74. The lowest BCUT2D eigenvalue weighted by molar-refractivity contribution is 0.603. The first-order chi connectivity index (χ1) is 9.20. The number of hydrogen-bond donors (Lipinski definition) is 0. The van der Waals surface area contributed by atoms with Crippen molar-refractivity contribution in [2.45, 2.75) is 0 Å². The predicted molar refractivity (Wildman–Crippen MR) is 68.5 cm³/mol. The van der Waals surface area contributed by atoms with E-state index >= 15 is 0 Å². The molecule has 3 aromatic rings. The van der Waals surface area contributed by atoms with Crippen molar-refractivity contribution in [2.75, 3.05) is 0 Å². The van der Waals surface area contributed by atoms with E-state index in [0.29, 0.717) is 11.1 Å². The molecule has 0 unspecified atom stereocenters. The van der Waals surface area contributed by atoms with Gasteiger partial charge in [-0.15, -0.1) is 0 Å². The summed E-state index contributed by atoms with van der Waals surface area (Å²) >= 11 is 5.69. The van der Waals surface area contributed by atoms with Crippen LogP contribution in [0.4, 0.5) is 4.39 Å². The molecular weight excluding hydrogens is 267 g/mol. The SMILES string of the molecule is N#Cc1cccc2c1ccn2-c1nc(Cl)ncc1F. The van der Waals surface area contributed by atoms with Crippen LogP contribution in [0, 0.1) is 17.1 Å². The van der Waals surface area contributed by atoms with E-state index in [2.05, 4.69) is 16.0 Å². The Bertz CT molecular complexity index is 819. The average Bonchev–Trinajstić information content (AvgIpc) is 2.85. The third kappa shape index (κ3) is 1.83. The summed E-state index contributed by atoms with van der Waals surface area (Å²) in [7, 11) is 0. The lowest BCUT2D eigenvalue weighted by Crippen LogP contribution is -2.01. The van der Waals surface area contributed by atoms with Crippen LogP contribution in [0.15, 0.2) is 36.7 Å². The van der Waals surface area contributed by atoms with Crippen molar-refractivity contribution >= 4 is 22.5 Å². The van der Waals surface area contributed by atoms with Crippen molar-refractivity contribution in [3.05, 3.63) is 53.3 Å². The van der Waals surface area contributed by atoms with E-state index in [0.717, 1.165) is 11.6 Å². The van der Waals surface area contributed by atoms with E-state index in [1.54, 1.807) is 35.0 Å². The highest BCUT2D eigenvalue weighted by Crippen LogP contribution is 2.23. The molecule has 0 saturated carbocycles. The highest BCUT2D eigenvalue weighted by Gasteiger charge is 2.12. The fraction of sp³-hybridized carbons (Fsp3) is 0. The Balaban J connectivity index is 2.33. The lowest BCUT2D eigenvalue weighted by atomic mass is 10.1. The second kappa shape index (κ2) is 4.34. The Hall–Kier alpha value is -2.45. The highest BCUT2D eigenvalue weighted by molar-refractivity contribution is 6.28. The van der Waals surface area contributed by atoms with Crippen LogP contribution in [-0.2, 0) is 0 Å². The molecule has 92 valence electrons. The molecule has 0 N–H and O–H groups in total. The van der Waals surface area contributed by atoms with E-state index in [-0.39, 0.29) is 11.1 Å². The Morgan fingerprint density at radius 2 is 2.16 bits per heavy atom. The summed E-state index contributed by atoms with van der Waals surface area (Å²) in [6, 6.07) is 9.06. The van der Waals surface area contributed by atoms with Crippen molar-refractivity contribution in [1.29, 1.82) is 5.26 Å². The molecule has 0 aliphatic heterocycles. The Morgan fingerprint density at radius 3 is 2.95 bits per heavy atom. The van der Waals surface area contributed by atoms with Crippen LogP contribution in [0.2, 0.25) is 5.28 Å². The molecule has 0 spiro atoms. The standard InChI is InChI=1S/C13H6ClFN4/c14-13-17-7-10(15)12(18-13)19-5-4-9-8(6-16)2-1-3-11(9)19/h1-5,7H. The summed E-state index contributed by atoms with van der Waals surface area (Å²) in [5.74, 6) is -0.519. The molecule has 0 saturated heterocycles. The smallest absolute Gasteiger partial charge is 0.224 e. The summed E-state index contributed by atoms with van der Waals surface area (Å²) in [5.41, 5.74) is 1.21. The molecule has 6 heteroatoms. The van der Waals surface area contributed by atoms with Crippen LogP contribution < -0.4 is 0 Å². The maximum absolute atomic E-state index is 13.8. The van der Waals surface area contributed by atoms with Crippen LogP contribution in [0.25, 0.3) is 16.7 Å². The molecule has 0 fully saturated rings. The third-order valence-electron chi connectivity index (χ3n) is 2.78. The second-order valence-electron chi connectivity index (χ2n) is 3.85. The number of aromatic nitrogens is 3. The van der Waals surface area contributed by atoms with E-state index in [1.807, 2.05) is 0 Å². The molecule has 3 rings (SSSR count). The Kier molecular flexibility index (Phi) is 2.65. The first-order valence-electron chi connectivity index (χ1n) is 5.39. The molecule has 1 aromatic carbocycles. The molecule has 19 heavy (non-hydrogen) atoms. The van der Waals surface area contributed by atoms with Gasteiger partial charge in [-0.25, -0.2) is 9.37 Å². The summed E-state index contributed by atoms with van der Waals surface area (Å²) in [4.78, 5) is 7.46. The van der Waals surface area contributed by atoms with Crippen molar-refractivity contribution in [1.82, 2.24) is 14.5 Å². The number of rotatable bonds is 1. The van der Waals surface area contributed by atoms with Gasteiger partial charge in [0.2, 0.25) is 5.28 Å². The Labute approximate surface area is 112 Å². The molecule has 2 heterocycles. The maximum atomic E-state index is 13.8. The lowest BCUT2D eigenvalue weighted by Gasteiger charge is -2.05. The van der Waals surface area contributed by atoms with E-state index in [4.69, 9.17) is 16.9 Å².